The summed E-state index contributed by atoms with van der Waals surface area (Å²) in [6, 6.07) is 6.66. The molecule has 0 saturated heterocycles. The number of rotatable bonds is 3. The molecule has 0 amide bonds. The van der Waals surface area contributed by atoms with Gasteiger partial charge in [0.05, 0.1) is 4.90 Å². The predicted molar refractivity (Wildman–Crippen MR) is 62.3 cm³/mol. The van der Waals surface area contributed by atoms with Crippen molar-refractivity contribution in [2.24, 2.45) is 11.7 Å². The fraction of sp³-hybridized carbons (Fsp3) is 0.300. The number of hydrogen-bond donors (Lipinski definition) is 2. The van der Waals surface area contributed by atoms with Crippen molar-refractivity contribution in [2.75, 3.05) is 5.75 Å². The van der Waals surface area contributed by atoms with Crippen molar-refractivity contribution >= 4 is 15.6 Å². The Morgan fingerprint density at radius 2 is 1.75 bits per heavy atom. The summed E-state index contributed by atoms with van der Waals surface area (Å²) >= 11 is 0. The van der Waals surface area contributed by atoms with Gasteiger partial charge in [-0.15, -0.1) is 0 Å². The third kappa shape index (κ3) is 4.09. The van der Waals surface area contributed by atoms with E-state index in [-0.39, 0.29) is 10.7 Å². The highest BCUT2D eigenvalue weighted by atomic mass is 32.2. The first-order valence-corrected chi connectivity index (χ1v) is 6.20. The monoisotopic (exact) mass is 244 g/mol. The lowest BCUT2D eigenvalue weighted by atomic mass is 10.2. The molecule has 1 aromatic carbocycles. The number of carbonyl (C=O) groups excluding carboxylic acids is 1. The average molecular weight is 244 g/mol. The Labute approximate surface area is 95.3 Å². The normalized spacial score (nSPS) is 10.2. The molecule has 0 aliphatic heterocycles. The van der Waals surface area contributed by atoms with E-state index in [1.54, 1.807) is 25.1 Å². The summed E-state index contributed by atoms with van der Waals surface area (Å²) in [5.74, 6) is 7.24. The molecule has 90 valence electrons. The van der Waals surface area contributed by atoms with Gasteiger partial charge in [-0.2, -0.15) is 0 Å². The summed E-state index contributed by atoms with van der Waals surface area (Å²) in [6.45, 7) is 2.99. The molecule has 6 heteroatoms. The summed E-state index contributed by atoms with van der Waals surface area (Å²) < 4.78 is 23.3. The highest BCUT2D eigenvalue weighted by Crippen LogP contribution is 2.15. The maximum Gasteiger partial charge on any atom is 0.185 e. The van der Waals surface area contributed by atoms with Crippen LogP contribution in [0.15, 0.2) is 29.2 Å². The number of hydrogen-bond acceptors (Lipinski definition) is 5. The fourth-order valence-electron chi connectivity index (χ4n) is 1.25. The molecule has 0 aliphatic carbocycles. The number of hydrazine groups is 1. The molecule has 0 aromatic heterocycles. The number of sulfone groups is 1. The van der Waals surface area contributed by atoms with Crippen molar-refractivity contribution in [1.82, 2.24) is 0 Å². The van der Waals surface area contributed by atoms with Crippen LogP contribution in [0.1, 0.15) is 12.5 Å². The molecule has 0 radical (unpaired) electrons. The van der Waals surface area contributed by atoms with Gasteiger partial charge in [-0.1, -0.05) is 18.2 Å². The molecule has 1 aromatic rings. The van der Waals surface area contributed by atoms with Crippen molar-refractivity contribution in [2.45, 2.75) is 18.7 Å². The molecule has 0 spiro atoms. The summed E-state index contributed by atoms with van der Waals surface area (Å²) in [5.41, 5.74) is 0.675. The van der Waals surface area contributed by atoms with Crippen LogP contribution < -0.4 is 11.7 Å². The number of ketones is 1. The van der Waals surface area contributed by atoms with E-state index >= 15 is 0 Å². The van der Waals surface area contributed by atoms with Crippen molar-refractivity contribution in [3.63, 3.8) is 0 Å². The molecule has 4 N–H and O–H groups in total. The molecule has 1 rings (SSSR count). The van der Waals surface area contributed by atoms with Crippen LogP contribution in [0.2, 0.25) is 0 Å². The summed E-state index contributed by atoms with van der Waals surface area (Å²) in [7, 11) is -3.44. The number of benzene rings is 1. The second-order valence-electron chi connectivity index (χ2n) is 3.23. The van der Waals surface area contributed by atoms with Crippen LogP contribution in [0, 0.1) is 6.92 Å². The first kappa shape index (κ1) is 14.8. The highest BCUT2D eigenvalue weighted by Gasteiger charge is 2.18. The van der Waals surface area contributed by atoms with E-state index in [9.17, 15) is 13.2 Å². The van der Waals surface area contributed by atoms with E-state index < -0.39 is 15.6 Å². The summed E-state index contributed by atoms with van der Waals surface area (Å²) in [5, 5.41) is 0. The third-order valence-electron chi connectivity index (χ3n) is 1.82. The lowest BCUT2D eigenvalue weighted by Crippen LogP contribution is -2.14. The average Bonchev–Trinajstić information content (AvgIpc) is 2.19. The Balaban J connectivity index is 0.00000106. The maximum atomic E-state index is 11.6. The largest absolute Gasteiger partial charge is 0.299 e. The number of nitrogens with two attached hydrogens (primary N) is 2. The molecular weight excluding hydrogens is 228 g/mol. The maximum absolute atomic E-state index is 11.6. The van der Waals surface area contributed by atoms with E-state index in [1.165, 1.54) is 13.0 Å². The second-order valence-corrected chi connectivity index (χ2v) is 5.18. The second kappa shape index (κ2) is 6.37. The van der Waals surface area contributed by atoms with E-state index in [2.05, 4.69) is 11.7 Å². The molecule has 5 nitrogen and oxygen atoms in total. The molecule has 0 bridgehead atoms. The van der Waals surface area contributed by atoms with Crippen LogP contribution in [0.4, 0.5) is 0 Å². The van der Waals surface area contributed by atoms with Crippen molar-refractivity contribution in [3.05, 3.63) is 29.8 Å². The first-order valence-electron chi connectivity index (χ1n) is 4.54. The molecular formula is C10H16N2O3S. The van der Waals surface area contributed by atoms with E-state index in [4.69, 9.17) is 0 Å². The Morgan fingerprint density at radius 3 is 2.19 bits per heavy atom. The van der Waals surface area contributed by atoms with Crippen LogP contribution >= 0.6 is 0 Å². The smallest absolute Gasteiger partial charge is 0.185 e. The molecule has 0 aliphatic rings. The van der Waals surface area contributed by atoms with Crippen molar-refractivity contribution in [1.29, 1.82) is 0 Å². The molecule has 0 fully saturated rings. The van der Waals surface area contributed by atoms with Gasteiger partial charge in [-0.3, -0.25) is 16.5 Å². The number of carbonyl (C=O) groups is 1. The van der Waals surface area contributed by atoms with Gasteiger partial charge < -0.3 is 0 Å². The van der Waals surface area contributed by atoms with Crippen molar-refractivity contribution < 1.29 is 13.2 Å². The van der Waals surface area contributed by atoms with Crippen LogP contribution in [0.5, 0.6) is 0 Å². The van der Waals surface area contributed by atoms with Gasteiger partial charge >= 0.3 is 0 Å². The fourth-order valence-corrected chi connectivity index (χ4v) is 2.79. The van der Waals surface area contributed by atoms with Gasteiger partial charge in [0.15, 0.2) is 9.84 Å². The molecule has 0 saturated carbocycles. The van der Waals surface area contributed by atoms with Crippen LogP contribution in [-0.4, -0.2) is 20.0 Å². The van der Waals surface area contributed by atoms with Crippen LogP contribution in [-0.2, 0) is 14.6 Å². The van der Waals surface area contributed by atoms with Gasteiger partial charge in [0.25, 0.3) is 0 Å². The van der Waals surface area contributed by atoms with Crippen LogP contribution in [0.25, 0.3) is 0 Å². The zero-order valence-electron chi connectivity index (χ0n) is 9.30. The zero-order chi connectivity index (χ0) is 12.8. The minimum Gasteiger partial charge on any atom is -0.299 e. The Bertz CT molecular complexity index is 455. The summed E-state index contributed by atoms with van der Waals surface area (Å²) in [6.07, 6.45) is 0. The van der Waals surface area contributed by atoms with Crippen molar-refractivity contribution in [3.8, 4) is 0 Å². The number of Topliss-reactive ketones (excluding diaryl/α,β-unsaturated/α-hetero) is 1. The highest BCUT2D eigenvalue weighted by molar-refractivity contribution is 7.92. The first-order chi connectivity index (χ1) is 7.43. The molecule has 16 heavy (non-hydrogen) atoms. The topological polar surface area (TPSA) is 103 Å². The zero-order valence-corrected chi connectivity index (χ0v) is 10.1. The van der Waals surface area contributed by atoms with E-state index in [1.807, 2.05) is 0 Å². The minimum atomic E-state index is -3.44. The lowest BCUT2D eigenvalue weighted by Gasteiger charge is -2.04. The van der Waals surface area contributed by atoms with E-state index in [0.29, 0.717) is 5.56 Å². The van der Waals surface area contributed by atoms with Gasteiger partial charge in [-0.25, -0.2) is 8.42 Å². The number of aryl methyl sites for hydroxylation is 1. The standard InChI is InChI=1S/C10H12O3S.H4N2/c1-8-5-3-4-6-10(8)14(12,13)7-9(2)11;1-2/h3-6H,7H2,1-2H3;1-2H2. The molecule has 0 unspecified atom stereocenters. The lowest BCUT2D eigenvalue weighted by molar-refractivity contribution is -0.114. The van der Waals surface area contributed by atoms with Gasteiger partial charge in [-0.05, 0) is 25.5 Å². The summed E-state index contributed by atoms with van der Waals surface area (Å²) in [4.78, 5) is 11.0. The van der Waals surface area contributed by atoms with Crippen LogP contribution in [0.3, 0.4) is 0 Å². The Morgan fingerprint density at radius 1 is 1.25 bits per heavy atom. The van der Waals surface area contributed by atoms with Gasteiger partial charge in [0.1, 0.15) is 11.5 Å². The van der Waals surface area contributed by atoms with E-state index in [0.717, 1.165) is 0 Å². The third-order valence-corrected chi connectivity index (χ3v) is 3.74. The Hall–Kier alpha value is -1.24. The van der Waals surface area contributed by atoms with Gasteiger partial charge in [0.2, 0.25) is 0 Å². The SMILES string of the molecule is CC(=O)CS(=O)(=O)c1ccccc1C.NN. The quantitative estimate of drug-likeness (QED) is 0.583. The molecule has 0 heterocycles. The minimum absolute atomic E-state index is 0.246. The molecule has 0 atom stereocenters. The van der Waals surface area contributed by atoms with Gasteiger partial charge in [0, 0.05) is 0 Å². The predicted octanol–water partition coefficient (Wildman–Crippen LogP) is 0.177. The Kier molecular flexibility index (Phi) is 5.87.